The topological polar surface area (TPSA) is 71.3 Å². The van der Waals surface area contributed by atoms with Gasteiger partial charge in [0, 0.05) is 12.7 Å². The van der Waals surface area contributed by atoms with Gasteiger partial charge >= 0.3 is 5.97 Å². The summed E-state index contributed by atoms with van der Waals surface area (Å²) in [7, 11) is 0. The van der Waals surface area contributed by atoms with Crippen LogP contribution in [0.4, 0.5) is 0 Å². The molecule has 5 nitrogen and oxygen atoms in total. The summed E-state index contributed by atoms with van der Waals surface area (Å²) in [5.74, 6) is -1.35. The Bertz CT molecular complexity index is 492. The van der Waals surface area contributed by atoms with Crippen molar-refractivity contribution in [3.05, 3.63) is 23.0 Å². The zero-order chi connectivity index (χ0) is 13.3. The molecule has 0 aliphatic heterocycles. The Hall–Kier alpha value is -1.49. The van der Waals surface area contributed by atoms with Crippen molar-refractivity contribution in [1.82, 2.24) is 9.88 Å². The van der Waals surface area contributed by atoms with Gasteiger partial charge in [-0.3, -0.25) is 4.79 Å². The molecule has 1 aliphatic rings. The number of carbonyl (C=O) groups excluding carboxylic acids is 1. The Balaban J connectivity index is 2.19. The maximum absolute atomic E-state index is 12.1. The first-order valence-electron chi connectivity index (χ1n) is 5.90. The van der Waals surface area contributed by atoms with E-state index in [4.69, 9.17) is 16.7 Å². The zero-order valence-electron chi connectivity index (χ0n) is 10.1. The molecule has 0 unspecified atom stereocenters. The van der Waals surface area contributed by atoms with Gasteiger partial charge in [0.05, 0.1) is 5.02 Å². The van der Waals surface area contributed by atoms with Gasteiger partial charge < -0.3 is 15.0 Å². The van der Waals surface area contributed by atoms with Gasteiger partial charge in [-0.2, -0.15) is 0 Å². The van der Waals surface area contributed by atoms with Crippen molar-refractivity contribution in [3.8, 4) is 0 Å². The molecule has 0 bridgehead atoms. The van der Waals surface area contributed by atoms with Crippen LogP contribution in [0, 0.1) is 0 Å². The second kappa shape index (κ2) is 4.65. The second-order valence-electron chi connectivity index (χ2n) is 4.52. The summed E-state index contributed by atoms with van der Waals surface area (Å²) in [6.45, 7) is 2.50. The van der Waals surface area contributed by atoms with E-state index >= 15 is 0 Å². The molecule has 1 aromatic heterocycles. The van der Waals surface area contributed by atoms with Crippen molar-refractivity contribution >= 4 is 23.5 Å². The SMILES string of the molecule is CCn1cc(Cl)cc1C(=O)NC1(C(=O)O)CCC1. The molecule has 1 aliphatic carbocycles. The average Bonchev–Trinajstić information content (AvgIpc) is 2.64. The number of hydrogen-bond donors (Lipinski definition) is 2. The Labute approximate surface area is 110 Å². The summed E-state index contributed by atoms with van der Waals surface area (Å²) in [6.07, 6.45) is 3.44. The zero-order valence-corrected chi connectivity index (χ0v) is 10.8. The summed E-state index contributed by atoms with van der Waals surface area (Å²) < 4.78 is 1.70. The fraction of sp³-hybridized carbons (Fsp3) is 0.500. The molecule has 1 saturated carbocycles. The number of carboxylic acids is 1. The van der Waals surface area contributed by atoms with Gasteiger partial charge in [0.1, 0.15) is 11.2 Å². The third kappa shape index (κ3) is 2.10. The van der Waals surface area contributed by atoms with Crippen molar-refractivity contribution in [2.75, 3.05) is 0 Å². The number of nitrogens with one attached hydrogen (secondary N) is 1. The van der Waals surface area contributed by atoms with E-state index in [1.807, 2.05) is 6.92 Å². The van der Waals surface area contributed by atoms with Crippen LogP contribution in [0.3, 0.4) is 0 Å². The highest BCUT2D eigenvalue weighted by Gasteiger charge is 2.46. The molecule has 2 N–H and O–H groups in total. The number of aromatic nitrogens is 1. The van der Waals surface area contributed by atoms with Crippen LogP contribution in [0.1, 0.15) is 36.7 Å². The summed E-state index contributed by atoms with van der Waals surface area (Å²) in [4.78, 5) is 23.3. The van der Waals surface area contributed by atoms with Gasteiger partial charge in [-0.25, -0.2) is 4.79 Å². The van der Waals surface area contributed by atoms with Gasteiger partial charge in [-0.05, 0) is 32.3 Å². The molecule has 0 radical (unpaired) electrons. The van der Waals surface area contributed by atoms with E-state index in [1.54, 1.807) is 16.8 Å². The normalized spacial score (nSPS) is 17.0. The van der Waals surface area contributed by atoms with Crippen LogP contribution < -0.4 is 5.32 Å². The van der Waals surface area contributed by atoms with Gasteiger partial charge in [-0.15, -0.1) is 0 Å². The molecule has 1 heterocycles. The van der Waals surface area contributed by atoms with Gasteiger partial charge in [0.15, 0.2) is 0 Å². The van der Waals surface area contributed by atoms with Gasteiger partial charge in [-0.1, -0.05) is 11.6 Å². The highest BCUT2D eigenvalue weighted by molar-refractivity contribution is 6.31. The Morgan fingerprint density at radius 1 is 1.56 bits per heavy atom. The van der Waals surface area contributed by atoms with E-state index in [1.165, 1.54) is 0 Å². The number of hydrogen-bond acceptors (Lipinski definition) is 2. The molecule has 1 fully saturated rings. The van der Waals surface area contributed by atoms with Crippen LogP contribution in [0.15, 0.2) is 12.3 Å². The first-order chi connectivity index (χ1) is 8.48. The smallest absolute Gasteiger partial charge is 0.329 e. The highest BCUT2D eigenvalue weighted by atomic mass is 35.5. The molecule has 2 rings (SSSR count). The largest absolute Gasteiger partial charge is 0.480 e. The second-order valence-corrected chi connectivity index (χ2v) is 4.96. The lowest BCUT2D eigenvalue weighted by atomic mass is 9.76. The van der Waals surface area contributed by atoms with Crippen LogP contribution in [-0.2, 0) is 11.3 Å². The molecular formula is C12H15ClN2O3. The summed E-state index contributed by atoms with van der Waals surface area (Å²) in [5, 5.41) is 12.3. The first-order valence-corrected chi connectivity index (χ1v) is 6.28. The van der Waals surface area contributed by atoms with E-state index in [0.717, 1.165) is 6.42 Å². The minimum absolute atomic E-state index is 0.383. The number of aryl methyl sites for hydroxylation is 1. The van der Waals surface area contributed by atoms with Crippen molar-refractivity contribution in [3.63, 3.8) is 0 Å². The number of amides is 1. The predicted molar refractivity (Wildman–Crippen MR) is 66.8 cm³/mol. The maximum Gasteiger partial charge on any atom is 0.329 e. The van der Waals surface area contributed by atoms with Crippen LogP contribution in [0.5, 0.6) is 0 Å². The van der Waals surface area contributed by atoms with Crippen molar-refractivity contribution in [1.29, 1.82) is 0 Å². The van der Waals surface area contributed by atoms with Crippen molar-refractivity contribution < 1.29 is 14.7 Å². The molecule has 0 saturated heterocycles. The number of halogens is 1. The fourth-order valence-electron chi connectivity index (χ4n) is 2.13. The lowest BCUT2D eigenvalue weighted by Gasteiger charge is -2.38. The monoisotopic (exact) mass is 270 g/mol. The Morgan fingerprint density at radius 3 is 2.67 bits per heavy atom. The summed E-state index contributed by atoms with van der Waals surface area (Å²) in [5.41, 5.74) is -0.693. The first kappa shape index (κ1) is 13.0. The van der Waals surface area contributed by atoms with Crippen LogP contribution in [0.2, 0.25) is 5.02 Å². The summed E-state index contributed by atoms with van der Waals surface area (Å²) in [6, 6.07) is 1.55. The van der Waals surface area contributed by atoms with E-state index in [-0.39, 0.29) is 5.91 Å². The molecule has 1 amide bonds. The fourth-order valence-corrected chi connectivity index (χ4v) is 2.35. The quantitative estimate of drug-likeness (QED) is 0.878. The third-order valence-electron chi connectivity index (χ3n) is 3.41. The van der Waals surface area contributed by atoms with E-state index in [2.05, 4.69) is 5.32 Å². The molecule has 0 spiro atoms. The molecule has 1 aromatic rings. The molecule has 98 valence electrons. The number of aliphatic carboxylic acids is 1. The molecule has 18 heavy (non-hydrogen) atoms. The van der Waals surface area contributed by atoms with Crippen molar-refractivity contribution in [2.45, 2.75) is 38.3 Å². The minimum Gasteiger partial charge on any atom is -0.480 e. The minimum atomic E-state index is -1.09. The van der Waals surface area contributed by atoms with E-state index in [0.29, 0.717) is 30.1 Å². The maximum atomic E-state index is 12.1. The van der Waals surface area contributed by atoms with Crippen molar-refractivity contribution in [2.24, 2.45) is 0 Å². The Kier molecular flexibility index (Phi) is 3.34. The third-order valence-corrected chi connectivity index (χ3v) is 3.61. The predicted octanol–water partition coefficient (Wildman–Crippen LogP) is 1.90. The molecule has 0 aromatic carbocycles. The van der Waals surface area contributed by atoms with Gasteiger partial charge in [0.2, 0.25) is 0 Å². The van der Waals surface area contributed by atoms with Crippen LogP contribution in [-0.4, -0.2) is 27.1 Å². The number of carbonyl (C=O) groups is 2. The number of carboxylic acid groups (broad SMARTS) is 1. The average molecular weight is 271 g/mol. The van der Waals surface area contributed by atoms with Crippen LogP contribution in [0.25, 0.3) is 0 Å². The standard InChI is InChI=1S/C12H15ClN2O3/c1-2-15-7-8(13)6-9(15)10(16)14-12(11(17)18)4-3-5-12/h6-7H,2-5H2,1H3,(H,14,16)(H,17,18). The summed E-state index contributed by atoms with van der Waals surface area (Å²) >= 11 is 5.85. The lowest BCUT2D eigenvalue weighted by Crippen LogP contribution is -2.59. The van der Waals surface area contributed by atoms with E-state index < -0.39 is 11.5 Å². The Morgan fingerprint density at radius 2 is 2.22 bits per heavy atom. The highest BCUT2D eigenvalue weighted by Crippen LogP contribution is 2.32. The molecule has 0 atom stereocenters. The molecule has 6 heteroatoms. The van der Waals surface area contributed by atoms with Gasteiger partial charge in [0.25, 0.3) is 5.91 Å². The number of nitrogens with zero attached hydrogens (tertiary/aromatic N) is 1. The molecular weight excluding hydrogens is 256 g/mol. The number of rotatable bonds is 4. The van der Waals surface area contributed by atoms with E-state index in [9.17, 15) is 9.59 Å². The lowest BCUT2D eigenvalue weighted by molar-refractivity contribution is -0.148. The van der Waals surface area contributed by atoms with Crippen LogP contribution >= 0.6 is 11.6 Å².